The van der Waals surface area contributed by atoms with E-state index < -0.39 is 5.82 Å². The van der Waals surface area contributed by atoms with Gasteiger partial charge in [-0.2, -0.15) is 10.2 Å². The summed E-state index contributed by atoms with van der Waals surface area (Å²) in [7, 11) is 0. The van der Waals surface area contributed by atoms with Crippen molar-refractivity contribution in [2.24, 2.45) is 0 Å². The summed E-state index contributed by atoms with van der Waals surface area (Å²) in [6.45, 7) is 4.58. The van der Waals surface area contributed by atoms with Crippen LogP contribution in [0, 0.1) is 12.7 Å². The van der Waals surface area contributed by atoms with Crippen LogP contribution in [-0.2, 0) is 19.6 Å². The van der Waals surface area contributed by atoms with Crippen molar-refractivity contribution >= 4 is 0 Å². The molecule has 0 fully saturated rings. The first-order valence-electron chi connectivity index (χ1n) is 8.68. The van der Waals surface area contributed by atoms with E-state index in [9.17, 15) is 4.39 Å². The molecule has 1 aliphatic rings. The normalized spacial score (nSPS) is 17.7. The summed E-state index contributed by atoms with van der Waals surface area (Å²) in [6.07, 6.45) is 4.21. The number of rotatable bonds is 5. The molecule has 4 rings (SSSR count). The SMILES string of the molecule is Cc1cc(CN2Cc3ccnn3CC[C@@H]2COc2ncccc2F)n[nH]1. The molecule has 4 heterocycles. The Morgan fingerprint density at radius 2 is 2.27 bits per heavy atom. The second-order valence-electron chi connectivity index (χ2n) is 6.54. The van der Waals surface area contributed by atoms with E-state index in [-0.39, 0.29) is 11.9 Å². The number of aromatic amines is 1. The highest BCUT2D eigenvalue weighted by Crippen LogP contribution is 2.21. The molecule has 0 bridgehead atoms. The maximum atomic E-state index is 13.8. The number of halogens is 1. The fourth-order valence-electron chi connectivity index (χ4n) is 3.28. The Hall–Kier alpha value is -2.74. The average Bonchev–Trinajstić information content (AvgIpc) is 3.21. The first-order chi connectivity index (χ1) is 12.7. The van der Waals surface area contributed by atoms with Crippen LogP contribution in [0.4, 0.5) is 4.39 Å². The maximum Gasteiger partial charge on any atom is 0.250 e. The van der Waals surface area contributed by atoms with Crippen molar-refractivity contribution in [2.45, 2.75) is 39.0 Å². The van der Waals surface area contributed by atoms with E-state index >= 15 is 0 Å². The third kappa shape index (κ3) is 3.60. The van der Waals surface area contributed by atoms with Crippen molar-refractivity contribution in [2.75, 3.05) is 6.61 Å². The maximum absolute atomic E-state index is 13.8. The zero-order valence-corrected chi connectivity index (χ0v) is 14.6. The van der Waals surface area contributed by atoms with Crippen LogP contribution in [0.2, 0.25) is 0 Å². The fourth-order valence-corrected chi connectivity index (χ4v) is 3.28. The summed E-state index contributed by atoms with van der Waals surface area (Å²) in [5.41, 5.74) is 3.16. The number of ether oxygens (including phenoxy) is 1. The minimum absolute atomic E-state index is 0.0463. The van der Waals surface area contributed by atoms with Gasteiger partial charge in [-0.25, -0.2) is 9.37 Å². The molecule has 0 saturated heterocycles. The lowest BCUT2D eigenvalue weighted by molar-refractivity contribution is 0.112. The van der Waals surface area contributed by atoms with E-state index in [0.717, 1.165) is 36.6 Å². The predicted molar refractivity (Wildman–Crippen MR) is 92.9 cm³/mol. The number of aromatic nitrogens is 5. The molecule has 0 aliphatic carbocycles. The number of pyridine rings is 1. The molecule has 0 spiro atoms. The highest BCUT2D eigenvalue weighted by Gasteiger charge is 2.26. The number of aryl methyl sites for hydroxylation is 2. The minimum atomic E-state index is -0.441. The Bertz CT molecular complexity index is 876. The number of H-pyrrole nitrogens is 1. The number of nitrogens with zero attached hydrogens (tertiary/aromatic N) is 5. The molecule has 0 aromatic carbocycles. The highest BCUT2D eigenvalue weighted by molar-refractivity contribution is 5.13. The van der Waals surface area contributed by atoms with Gasteiger partial charge in [-0.1, -0.05) is 0 Å². The summed E-state index contributed by atoms with van der Waals surface area (Å²) >= 11 is 0. The molecule has 3 aromatic rings. The van der Waals surface area contributed by atoms with Gasteiger partial charge in [-0.15, -0.1) is 0 Å². The smallest absolute Gasteiger partial charge is 0.250 e. The van der Waals surface area contributed by atoms with E-state index in [1.165, 1.54) is 12.3 Å². The highest BCUT2D eigenvalue weighted by atomic mass is 19.1. The van der Waals surface area contributed by atoms with E-state index in [0.29, 0.717) is 13.2 Å². The van der Waals surface area contributed by atoms with Gasteiger partial charge >= 0.3 is 0 Å². The van der Waals surface area contributed by atoms with Gasteiger partial charge in [0.15, 0.2) is 5.82 Å². The molecule has 0 saturated carbocycles. The topological polar surface area (TPSA) is 71.9 Å². The van der Waals surface area contributed by atoms with Crippen molar-refractivity contribution in [3.63, 3.8) is 0 Å². The van der Waals surface area contributed by atoms with Gasteiger partial charge in [-0.3, -0.25) is 14.7 Å². The first-order valence-corrected chi connectivity index (χ1v) is 8.68. The summed E-state index contributed by atoms with van der Waals surface area (Å²) in [4.78, 5) is 6.28. The molecule has 136 valence electrons. The number of hydrogen-bond donors (Lipinski definition) is 1. The molecule has 3 aromatic heterocycles. The quantitative estimate of drug-likeness (QED) is 0.759. The van der Waals surface area contributed by atoms with Crippen LogP contribution in [0.25, 0.3) is 0 Å². The zero-order valence-electron chi connectivity index (χ0n) is 14.6. The van der Waals surface area contributed by atoms with E-state index in [4.69, 9.17) is 4.74 Å². The molecule has 7 nitrogen and oxygen atoms in total. The Morgan fingerprint density at radius 1 is 1.35 bits per heavy atom. The lowest BCUT2D eigenvalue weighted by Crippen LogP contribution is -2.38. The Balaban J connectivity index is 1.52. The van der Waals surface area contributed by atoms with Crippen LogP contribution < -0.4 is 4.74 Å². The second-order valence-corrected chi connectivity index (χ2v) is 6.54. The van der Waals surface area contributed by atoms with Crippen molar-refractivity contribution in [1.29, 1.82) is 0 Å². The van der Waals surface area contributed by atoms with Gasteiger partial charge < -0.3 is 4.74 Å². The van der Waals surface area contributed by atoms with Crippen LogP contribution in [0.3, 0.4) is 0 Å². The molecule has 0 unspecified atom stereocenters. The Morgan fingerprint density at radius 3 is 3.08 bits per heavy atom. The average molecular weight is 356 g/mol. The van der Waals surface area contributed by atoms with Crippen molar-refractivity contribution < 1.29 is 9.13 Å². The third-order valence-corrected chi connectivity index (χ3v) is 4.62. The first kappa shape index (κ1) is 16.7. The largest absolute Gasteiger partial charge is 0.474 e. The zero-order chi connectivity index (χ0) is 17.9. The molecule has 8 heteroatoms. The fraction of sp³-hybridized carbons (Fsp3) is 0.389. The molecule has 1 aliphatic heterocycles. The van der Waals surface area contributed by atoms with Gasteiger partial charge in [0.1, 0.15) is 6.61 Å². The number of nitrogens with one attached hydrogen (secondary N) is 1. The lowest BCUT2D eigenvalue weighted by atomic mass is 10.1. The van der Waals surface area contributed by atoms with Crippen LogP contribution in [0.5, 0.6) is 5.88 Å². The standard InChI is InChI=1S/C18H21FN6O/c1-13-9-14(23-22-13)10-24-11-15-4-7-21-25(15)8-5-16(24)12-26-18-17(19)3-2-6-20-18/h2-4,6-7,9,16H,5,8,10-12H2,1H3,(H,22,23)/t16-/m1/s1. The van der Waals surface area contributed by atoms with Crippen LogP contribution in [0.1, 0.15) is 23.5 Å². The van der Waals surface area contributed by atoms with Gasteiger partial charge in [0.2, 0.25) is 5.88 Å². The van der Waals surface area contributed by atoms with Crippen LogP contribution >= 0.6 is 0 Å². The lowest BCUT2D eigenvalue weighted by Gasteiger charge is -2.28. The van der Waals surface area contributed by atoms with E-state index in [1.54, 1.807) is 6.07 Å². The minimum Gasteiger partial charge on any atom is -0.474 e. The van der Waals surface area contributed by atoms with Gasteiger partial charge in [0.25, 0.3) is 0 Å². The predicted octanol–water partition coefficient (Wildman–Crippen LogP) is 2.30. The van der Waals surface area contributed by atoms with Crippen LogP contribution in [-0.4, -0.2) is 42.5 Å². The molecular formula is C18H21FN6O. The Kier molecular flexibility index (Phi) is 4.66. The van der Waals surface area contributed by atoms with Crippen molar-refractivity contribution in [3.05, 3.63) is 59.6 Å². The van der Waals surface area contributed by atoms with E-state index in [1.807, 2.05) is 29.9 Å². The van der Waals surface area contributed by atoms with Gasteiger partial charge in [0.05, 0.1) is 11.4 Å². The summed E-state index contributed by atoms with van der Waals surface area (Å²) in [6, 6.07) is 7.09. The van der Waals surface area contributed by atoms with Crippen molar-refractivity contribution in [3.8, 4) is 5.88 Å². The molecule has 1 N–H and O–H groups in total. The molecule has 0 amide bonds. The molecule has 1 atom stereocenters. The monoisotopic (exact) mass is 356 g/mol. The molecular weight excluding hydrogens is 335 g/mol. The summed E-state index contributed by atoms with van der Waals surface area (Å²) < 4.78 is 21.5. The van der Waals surface area contributed by atoms with E-state index in [2.05, 4.69) is 25.2 Å². The number of hydrogen-bond acceptors (Lipinski definition) is 5. The Labute approximate surface area is 150 Å². The van der Waals surface area contributed by atoms with Gasteiger partial charge in [0, 0.05) is 43.8 Å². The number of fused-ring (bicyclic) bond motifs is 1. The summed E-state index contributed by atoms with van der Waals surface area (Å²) in [5.74, 6) is -0.395. The molecule has 26 heavy (non-hydrogen) atoms. The summed E-state index contributed by atoms with van der Waals surface area (Å²) in [5, 5.41) is 11.7. The van der Waals surface area contributed by atoms with Gasteiger partial charge in [-0.05, 0) is 37.6 Å². The van der Waals surface area contributed by atoms with Crippen LogP contribution in [0.15, 0.2) is 36.7 Å². The van der Waals surface area contributed by atoms with Crippen molar-refractivity contribution in [1.82, 2.24) is 29.9 Å². The molecule has 0 radical (unpaired) electrons. The second kappa shape index (κ2) is 7.25. The third-order valence-electron chi connectivity index (χ3n) is 4.62.